The van der Waals surface area contributed by atoms with Crippen molar-refractivity contribution in [2.24, 2.45) is 0 Å². The molecule has 1 N–H and O–H groups in total. The molecule has 2 aromatic heterocycles. The second-order valence-corrected chi connectivity index (χ2v) is 5.25. The highest BCUT2D eigenvalue weighted by molar-refractivity contribution is 7.15. The molecule has 0 spiro atoms. The SMILES string of the molecule is CCOC(=O)NCCc1sc(-c2cccnc2)nc1C. The predicted molar refractivity (Wildman–Crippen MR) is 78.8 cm³/mol. The van der Waals surface area contributed by atoms with E-state index in [0.29, 0.717) is 13.2 Å². The summed E-state index contributed by atoms with van der Waals surface area (Å²) in [7, 11) is 0. The molecule has 2 aromatic rings. The van der Waals surface area contributed by atoms with Crippen molar-refractivity contribution in [2.75, 3.05) is 13.2 Å². The van der Waals surface area contributed by atoms with Crippen LogP contribution in [0.4, 0.5) is 4.79 Å². The van der Waals surface area contributed by atoms with Crippen LogP contribution in [0.3, 0.4) is 0 Å². The first-order chi connectivity index (χ1) is 9.70. The summed E-state index contributed by atoms with van der Waals surface area (Å²) in [6, 6.07) is 3.89. The van der Waals surface area contributed by atoms with Crippen LogP contribution in [0.1, 0.15) is 17.5 Å². The number of alkyl carbamates (subject to hydrolysis) is 1. The standard InChI is InChI=1S/C14H17N3O2S/c1-3-19-14(18)16-8-6-12-10(2)17-13(20-12)11-5-4-7-15-9-11/h4-5,7,9H,3,6,8H2,1-2H3,(H,16,18). The third-order valence-electron chi connectivity index (χ3n) is 2.70. The molecule has 0 aromatic carbocycles. The van der Waals surface area contributed by atoms with Crippen LogP contribution in [-0.2, 0) is 11.2 Å². The molecule has 0 aliphatic heterocycles. The molecule has 0 aliphatic rings. The maximum Gasteiger partial charge on any atom is 0.407 e. The summed E-state index contributed by atoms with van der Waals surface area (Å²) in [4.78, 5) is 21.0. The zero-order valence-electron chi connectivity index (χ0n) is 11.5. The number of ether oxygens (including phenoxy) is 1. The number of carbonyl (C=O) groups is 1. The molecule has 0 saturated heterocycles. The van der Waals surface area contributed by atoms with E-state index in [1.165, 1.54) is 4.88 Å². The summed E-state index contributed by atoms with van der Waals surface area (Å²) in [5, 5.41) is 3.67. The van der Waals surface area contributed by atoms with Gasteiger partial charge in [0.1, 0.15) is 5.01 Å². The van der Waals surface area contributed by atoms with E-state index in [-0.39, 0.29) is 6.09 Å². The number of amides is 1. The van der Waals surface area contributed by atoms with Crippen molar-refractivity contribution in [1.29, 1.82) is 0 Å². The number of aryl methyl sites for hydroxylation is 1. The zero-order chi connectivity index (χ0) is 14.4. The Morgan fingerprint density at radius 1 is 1.50 bits per heavy atom. The van der Waals surface area contributed by atoms with Crippen molar-refractivity contribution in [3.63, 3.8) is 0 Å². The van der Waals surface area contributed by atoms with Crippen molar-refractivity contribution in [3.05, 3.63) is 35.1 Å². The molecule has 106 valence electrons. The van der Waals surface area contributed by atoms with E-state index in [2.05, 4.69) is 15.3 Å². The summed E-state index contributed by atoms with van der Waals surface area (Å²) in [6.07, 6.45) is 3.93. The van der Waals surface area contributed by atoms with Gasteiger partial charge in [0.05, 0.1) is 12.3 Å². The number of carbonyl (C=O) groups excluding carboxylic acids is 1. The lowest BCUT2D eigenvalue weighted by Gasteiger charge is -2.03. The Labute approximate surface area is 122 Å². The average molecular weight is 291 g/mol. The quantitative estimate of drug-likeness (QED) is 0.920. The Kier molecular flexibility index (Phi) is 5.06. The van der Waals surface area contributed by atoms with Crippen LogP contribution in [0.25, 0.3) is 10.6 Å². The first-order valence-electron chi connectivity index (χ1n) is 6.48. The fourth-order valence-corrected chi connectivity index (χ4v) is 2.78. The fraction of sp³-hybridized carbons (Fsp3) is 0.357. The molecular formula is C14H17N3O2S. The van der Waals surface area contributed by atoms with Crippen LogP contribution in [0, 0.1) is 6.92 Å². The molecule has 0 aliphatic carbocycles. The maximum absolute atomic E-state index is 11.2. The van der Waals surface area contributed by atoms with Gasteiger partial charge in [0.15, 0.2) is 0 Å². The molecule has 0 atom stereocenters. The first-order valence-corrected chi connectivity index (χ1v) is 7.29. The van der Waals surface area contributed by atoms with Gasteiger partial charge in [-0.25, -0.2) is 9.78 Å². The Morgan fingerprint density at radius 2 is 2.35 bits per heavy atom. The number of nitrogens with one attached hydrogen (secondary N) is 1. The summed E-state index contributed by atoms with van der Waals surface area (Å²) in [5.74, 6) is 0. The first kappa shape index (κ1) is 14.5. The predicted octanol–water partition coefficient (Wildman–Crippen LogP) is 2.80. The van der Waals surface area contributed by atoms with Crippen LogP contribution < -0.4 is 5.32 Å². The van der Waals surface area contributed by atoms with Crippen molar-refractivity contribution < 1.29 is 9.53 Å². The third kappa shape index (κ3) is 3.77. The monoisotopic (exact) mass is 291 g/mol. The average Bonchev–Trinajstić information content (AvgIpc) is 2.82. The van der Waals surface area contributed by atoms with Crippen molar-refractivity contribution in [1.82, 2.24) is 15.3 Å². The van der Waals surface area contributed by atoms with Gasteiger partial charge in [-0.2, -0.15) is 0 Å². The lowest BCUT2D eigenvalue weighted by Crippen LogP contribution is -2.26. The molecule has 0 saturated carbocycles. The number of aromatic nitrogens is 2. The van der Waals surface area contributed by atoms with Crippen LogP contribution in [0.15, 0.2) is 24.5 Å². The number of hydrogen-bond donors (Lipinski definition) is 1. The normalized spacial score (nSPS) is 10.3. The molecule has 5 nitrogen and oxygen atoms in total. The third-order valence-corrected chi connectivity index (χ3v) is 3.96. The summed E-state index contributed by atoms with van der Waals surface area (Å²) in [6.45, 7) is 4.70. The summed E-state index contributed by atoms with van der Waals surface area (Å²) in [5.41, 5.74) is 2.02. The van der Waals surface area contributed by atoms with Gasteiger partial charge < -0.3 is 10.1 Å². The highest BCUT2D eigenvalue weighted by Crippen LogP contribution is 2.27. The minimum atomic E-state index is -0.373. The van der Waals surface area contributed by atoms with E-state index in [1.807, 2.05) is 19.1 Å². The van der Waals surface area contributed by atoms with Gasteiger partial charge in [0.2, 0.25) is 0 Å². The molecule has 0 radical (unpaired) electrons. The van der Waals surface area contributed by atoms with Gasteiger partial charge in [-0.3, -0.25) is 4.98 Å². The minimum absolute atomic E-state index is 0.373. The molecule has 0 fully saturated rings. The van der Waals surface area contributed by atoms with Crippen LogP contribution in [0.5, 0.6) is 0 Å². The van der Waals surface area contributed by atoms with E-state index >= 15 is 0 Å². The van der Waals surface area contributed by atoms with Gasteiger partial charge >= 0.3 is 6.09 Å². The second-order valence-electron chi connectivity index (χ2n) is 4.17. The highest BCUT2D eigenvalue weighted by atomic mass is 32.1. The van der Waals surface area contributed by atoms with Gasteiger partial charge in [0.25, 0.3) is 0 Å². The van der Waals surface area contributed by atoms with Gasteiger partial charge in [-0.1, -0.05) is 0 Å². The van der Waals surface area contributed by atoms with E-state index in [1.54, 1.807) is 30.7 Å². The van der Waals surface area contributed by atoms with Crippen molar-refractivity contribution in [3.8, 4) is 10.6 Å². The lowest BCUT2D eigenvalue weighted by molar-refractivity contribution is 0.152. The Bertz CT molecular complexity index is 569. The minimum Gasteiger partial charge on any atom is -0.450 e. The van der Waals surface area contributed by atoms with Gasteiger partial charge in [-0.05, 0) is 26.0 Å². The topological polar surface area (TPSA) is 64.1 Å². The number of nitrogens with zero attached hydrogens (tertiary/aromatic N) is 2. The number of rotatable bonds is 5. The molecule has 6 heteroatoms. The van der Waals surface area contributed by atoms with E-state index in [0.717, 1.165) is 22.7 Å². The van der Waals surface area contributed by atoms with E-state index in [9.17, 15) is 4.79 Å². The number of pyridine rings is 1. The van der Waals surface area contributed by atoms with Crippen LogP contribution >= 0.6 is 11.3 Å². The molecule has 1 amide bonds. The van der Waals surface area contributed by atoms with E-state index in [4.69, 9.17) is 4.74 Å². The second kappa shape index (κ2) is 7.00. The smallest absolute Gasteiger partial charge is 0.407 e. The zero-order valence-corrected chi connectivity index (χ0v) is 12.4. The molecule has 2 heterocycles. The molecule has 20 heavy (non-hydrogen) atoms. The van der Waals surface area contributed by atoms with Crippen molar-refractivity contribution in [2.45, 2.75) is 20.3 Å². The van der Waals surface area contributed by atoms with Gasteiger partial charge in [0, 0.05) is 35.8 Å². The van der Waals surface area contributed by atoms with Crippen LogP contribution in [0.2, 0.25) is 0 Å². The Morgan fingerprint density at radius 3 is 3.05 bits per heavy atom. The maximum atomic E-state index is 11.2. The summed E-state index contributed by atoms with van der Waals surface area (Å²) >= 11 is 1.63. The largest absolute Gasteiger partial charge is 0.450 e. The highest BCUT2D eigenvalue weighted by Gasteiger charge is 2.10. The molecule has 0 bridgehead atoms. The Balaban J connectivity index is 1.96. The Hall–Kier alpha value is -1.95. The van der Waals surface area contributed by atoms with Gasteiger partial charge in [-0.15, -0.1) is 11.3 Å². The fourth-order valence-electron chi connectivity index (χ4n) is 1.73. The van der Waals surface area contributed by atoms with Crippen LogP contribution in [-0.4, -0.2) is 29.2 Å². The summed E-state index contributed by atoms with van der Waals surface area (Å²) < 4.78 is 4.81. The molecular weight excluding hydrogens is 274 g/mol. The van der Waals surface area contributed by atoms with E-state index < -0.39 is 0 Å². The lowest BCUT2D eigenvalue weighted by atomic mass is 10.3. The van der Waals surface area contributed by atoms with Crippen molar-refractivity contribution >= 4 is 17.4 Å². The number of hydrogen-bond acceptors (Lipinski definition) is 5. The molecule has 2 rings (SSSR count). The number of thiazole rings is 1. The molecule has 0 unspecified atom stereocenters.